The van der Waals surface area contributed by atoms with Crippen LogP contribution in [0.2, 0.25) is 0 Å². The lowest BCUT2D eigenvalue weighted by atomic mass is 9.81. The van der Waals surface area contributed by atoms with Crippen LogP contribution >= 0.6 is 0 Å². The predicted octanol–water partition coefficient (Wildman–Crippen LogP) is 2.02. The number of nitrogens with zero attached hydrogens (tertiary/aromatic N) is 1. The summed E-state index contributed by atoms with van der Waals surface area (Å²) in [5, 5.41) is 10.4. The minimum Gasteiger partial charge on any atom is -0.481 e. The molecule has 15 heavy (non-hydrogen) atoms. The van der Waals surface area contributed by atoms with Gasteiger partial charge in [-0.2, -0.15) is 0 Å². The van der Waals surface area contributed by atoms with Crippen molar-refractivity contribution in [2.45, 2.75) is 38.2 Å². The van der Waals surface area contributed by atoms with Gasteiger partial charge in [0.2, 0.25) is 5.88 Å². The third kappa shape index (κ3) is 1.72. The molecule has 1 aromatic rings. The van der Waals surface area contributed by atoms with Gasteiger partial charge < -0.3 is 9.84 Å². The summed E-state index contributed by atoms with van der Waals surface area (Å²) in [6.07, 6.45) is 3.55. The molecular formula is C12H17NO2. The van der Waals surface area contributed by atoms with E-state index in [2.05, 4.69) is 4.98 Å². The molecule has 1 aliphatic rings. The molecule has 3 nitrogen and oxygen atoms in total. The highest BCUT2D eigenvalue weighted by atomic mass is 16.5. The fourth-order valence-corrected chi connectivity index (χ4v) is 2.22. The molecule has 1 atom stereocenters. The number of hydrogen-bond donors (Lipinski definition) is 1. The van der Waals surface area contributed by atoms with Gasteiger partial charge in [-0.25, -0.2) is 4.98 Å². The third-order valence-electron chi connectivity index (χ3n) is 3.22. The molecule has 1 aliphatic carbocycles. The summed E-state index contributed by atoms with van der Waals surface area (Å²) in [5.74, 6) is 0.586. The molecule has 0 radical (unpaired) electrons. The Bertz CT molecular complexity index is 365. The Kier molecular flexibility index (Phi) is 2.65. The quantitative estimate of drug-likeness (QED) is 0.806. The zero-order valence-corrected chi connectivity index (χ0v) is 9.29. The minimum atomic E-state index is -0.748. The fraction of sp³-hybridized carbons (Fsp3) is 0.583. The lowest BCUT2D eigenvalue weighted by Crippen LogP contribution is -2.31. The van der Waals surface area contributed by atoms with Crippen LogP contribution in [0.5, 0.6) is 5.88 Å². The molecule has 0 amide bonds. The first-order valence-electron chi connectivity index (χ1n) is 5.46. The first-order valence-corrected chi connectivity index (χ1v) is 5.46. The molecule has 0 fully saturated rings. The van der Waals surface area contributed by atoms with Gasteiger partial charge >= 0.3 is 0 Å². The van der Waals surface area contributed by atoms with Crippen molar-refractivity contribution in [3.8, 4) is 5.88 Å². The molecular weight excluding hydrogens is 190 g/mol. The predicted molar refractivity (Wildman–Crippen MR) is 57.9 cm³/mol. The zero-order valence-electron chi connectivity index (χ0n) is 9.29. The van der Waals surface area contributed by atoms with E-state index in [1.165, 1.54) is 0 Å². The van der Waals surface area contributed by atoms with Crippen molar-refractivity contribution in [3.63, 3.8) is 0 Å². The van der Waals surface area contributed by atoms with E-state index in [0.29, 0.717) is 12.3 Å². The molecule has 2 rings (SSSR count). The van der Waals surface area contributed by atoms with Crippen LogP contribution in [0.1, 0.15) is 37.4 Å². The van der Waals surface area contributed by atoms with Gasteiger partial charge in [0.15, 0.2) is 0 Å². The standard InChI is InChI=1S/C12H17NO2/c1-3-12(14)8-4-5-9-6-7-10(15-2)13-11(9)12/h6-7,14H,3-5,8H2,1-2H3. The van der Waals surface area contributed by atoms with Crippen molar-refractivity contribution in [1.82, 2.24) is 4.98 Å². The first-order chi connectivity index (χ1) is 7.19. The van der Waals surface area contributed by atoms with Crippen molar-refractivity contribution in [3.05, 3.63) is 23.4 Å². The highest BCUT2D eigenvalue weighted by Gasteiger charge is 2.34. The molecule has 1 unspecified atom stereocenters. The van der Waals surface area contributed by atoms with E-state index in [-0.39, 0.29) is 0 Å². The Morgan fingerprint density at radius 2 is 2.33 bits per heavy atom. The highest BCUT2D eigenvalue weighted by Crippen LogP contribution is 2.37. The fourth-order valence-electron chi connectivity index (χ4n) is 2.22. The topological polar surface area (TPSA) is 42.4 Å². The molecule has 0 saturated heterocycles. The van der Waals surface area contributed by atoms with E-state index in [9.17, 15) is 5.11 Å². The van der Waals surface area contributed by atoms with E-state index in [4.69, 9.17) is 4.74 Å². The summed E-state index contributed by atoms with van der Waals surface area (Å²) in [7, 11) is 1.60. The lowest BCUT2D eigenvalue weighted by Gasteiger charge is -2.32. The van der Waals surface area contributed by atoms with Gasteiger partial charge in [0.25, 0.3) is 0 Å². The second-order valence-corrected chi connectivity index (χ2v) is 4.10. The normalized spacial score (nSPS) is 24.7. The third-order valence-corrected chi connectivity index (χ3v) is 3.22. The van der Waals surface area contributed by atoms with Crippen molar-refractivity contribution in [2.75, 3.05) is 7.11 Å². The van der Waals surface area contributed by atoms with Gasteiger partial charge in [0.05, 0.1) is 12.8 Å². The molecule has 1 heterocycles. The van der Waals surface area contributed by atoms with Gasteiger partial charge in [-0.3, -0.25) is 0 Å². The summed E-state index contributed by atoms with van der Waals surface area (Å²) in [5.41, 5.74) is 1.23. The lowest BCUT2D eigenvalue weighted by molar-refractivity contribution is 0.00979. The number of fused-ring (bicyclic) bond motifs is 1. The SMILES string of the molecule is CCC1(O)CCCc2ccc(OC)nc21. The molecule has 0 spiro atoms. The van der Waals surface area contributed by atoms with E-state index in [1.54, 1.807) is 7.11 Å². The first kappa shape index (κ1) is 10.4. The molecule has 0 saturated carbocycles. The smallest absolute Gasteiger partial charge is 0.213 e. The van der Waals surface area contributed by atoms with Crippen LogP contribution in [0.3, 0.4) is 0 Å². The maximum absolute atomic E-state index is 10.4. The Morgan fingerprint density at radius 1 is 1.53 bits per heavy atom. The van der Waals surface area contributed by atoms with Gasteiger partial charge in [-0.05, 0) is 31.2 Å². The maximum atomic E-state index is 10.4. The Hall–Kier alpha value is -1.09. The summed E-state index contributed by atoms with van der Waals surface area (Å²) in [6.45, 7) is 2.00. The van der Waals surface area contributed by atoms with E-state index >= 15 is 0 Å². The van der Waals surface area contributed by atoms with Crippen LogP contribution in [0.15, 0.2) is 12.1 Å². The summed E-state index contributed by atoms with van der Waals surface area (Å²) in [4.78, 5) is 4.38. The van der Waals surface area contributed by atoms with Crippen molar-refractivity contribution >= 4 is 0 Å². The van der Waals surface area contributed by atoms with Crippen molar-refractivity contribution in [1.29, 1.82) is 0 Å². The highest BCUT2D eigenvalue weighted by molar-refractivity contribution is 5.32. The zero-order chi connectivity index (χ0) is 10.9. The number of hydrogen-bond acceptors (Lipinski definition) is 3. The van der Waals surface area contributed by atoms with Crippen molar-refractivity contribution in [2.24, 2.45) is 0 Å². The second-order valence-electron chi connectivity index (χ2n) is 4.10. The Labute approximate surface area is 90.1 Å². The number of aromatic nitrogens is 1. The Balaban J connectivity index is 2.48. The van der Waals surface area contributed by atoms with Gasteiger partial charge in [0, 0.05) is 6.07 Å². The van der Waals surface area contributed by atoms with Gasteiger partial charge in [0.1, 0.15) is 5.60 Å². The number of ether oxygens (including phenoxy) is 1. The van der Waals surface area contributed by atoms with Gasteiger partial charge in [-0.1, -0.05) is 13.0 Å². The number of aryl methyl sites for hydroxylation is 1. The summed E-state index contributed by atoms with van der Waals surface area (Å²) in [6, 6.07) is 3.88. The minimum absolute atomic E-state index is 0.586. The van der Waals surface area contributed by atoms with Crippen LogP contribution in [-0.2, 0) is 12.0 Å². The van der Waals surface area contributed by atoms with E-state index < -0.39 is 5.60 Å². The van der Waals surface area contributed by atoms with Crippen molar-refractivity contribution < 1.29 is 9.84 Å². The van der Waals surface area contributed by atoms with Crippen LogP contribution in [-0.4, -0.2) is 17.2 Å². The number of rotatable bonds is 2. The molecule has 1 N–H and O–H groups in total. The average molecular weight is 207 g/mol. The van der Waals surface area contributed by atoms with E-state index in [1.807, 2.05) is 19.1 Å². The van der Waals surface area contributed by atoms with Crippen LogP contribution in [0.4, 0.5) is 0 Å². The van der Waals surface area contributed by atoms with Crippen LogP contribution in [0.25, 0.3) is 0 Å². The number of pyridine rings is 1. The molecule has 1 aromatic heterocycles. The maximum Gasteiger partial charge on any atom is 0.213 e. The van der Waals surface area contributed by atoms with Crippen LogP contribution in [0, 0.1) is 0 Å². The molecule has 0 bridgehead atoms. The molecule has 0 aromatic carbocycles. The molecule has 82 valence electrons. The largest absolute Gasteiger partial charge is 0.481 e. The number of aliphatic hydroxyl groups is 1. The average Bonchev–Trinajstić information content (AvgIpc) is 2.29. The van der Waals surface area contributed by atoms with E-state index in [0.717, 1.165) is 30.5 Å². The number of methoxy groups -OCH3 is 1. The Morgan fingerprint density at radius 3 is 3.00 bits per heavy atom. The molecule has 3 heteroatoms. The van der Waals surface area contributed by atoms with Gasteiger partial charge in [-0.15, -0.1) is 0 Å². The summed E-state index contributed by atoms with van der Waals surface area (Å²) >= 11 is 0. The molecule has 0 aliphatic heterocycles. The monoisotopic (exact) mass is 207 g/mol. The van der Waals surface area contributed by atoms with Crippen LogP contribution < -0.4 is 4.74 Å². The second kappa shape index (κ2) is 3.81. The summed E-state index contributed by atoms with van der Waals surface area (Å²) < 4.78 is 5.10.